The van der Waals surface area contributed by atoms with E-state index >= 15 is 0 Å². The summed E-state index contributed by atoms with van der Waals surface area (Å²) in [6, 6.07) is 15.7. The third kappa shape index (κ3) is 5.99. The molecule has 0 fully saturated rings. The number of rotatable bonds is 9. The molecule has 1 heterocycles. The summed E-state index contributed by atoms with van der Waals surface area (Å²) in [6.07, 6.45) is 2.41. The van der Waals surface area contributed by atoms with Crippen molar-refractivity contribution in [1.82, 2.24) is 19.6 Å². The second kappa shape index (κ2) is 9.66. The Balaban J connectivity index is 1.66. The normalized spacial score (nSPS) is 11.6. The molecule has 158 valence electrons. The van der Waals surface area contributed by atoms with E-state index in [-0.39, 0.29) is 4.90 Å². The Morgan fingerprint density at radius 2 is 1.70 bits per heavy atom. The van der Waals surface area contributed by atoms with Crippen molar-refractivity contribution in [2.75, 3.05) is 38.2 Å². The Labute approximate surface area is 177 Å². The van der Waals surface area contributed by atoms with E-state index in [1.165, 1.54) is 0 Å². The smallest absolute Gasteiger partial charge is 0.240 e. The van der Waals surface area contributed by atoms with Crippen molar-refractivity contribution in [3.05, 3.63) is 60.8 Å². The predicted octanol–water partition coefficient (Wildman–Crippen LogP) is 2.70. The van der Waals surface area contributed by atoms with Crippen LogP contribution in [0, 0.1) is 0 Å². The Bertz CT molecular complexity index is 1070. The summed E-state index contributed by atoms with van der Waals surface area (Å²) < 4.78 is 27.4. The van der Waals surface area contributed by atoms with Crippen LogP contribution in [-0.2, 0) is 10.0 Å². The Kier molecular flexibility index (Phi) is 6.99. The van der Waals surface area contributed by atoms with Crippen LogP contribution in [0.15, 0.2) is 65.7 Å². The van der Waals surface area contributed by atoms with Crippen molar-refractivity contribution >= 4 is 27.3 Å². The summed E-state index contributed by atoms with van der Waals surface area (Å²) in [4.78, 5) is 11.0. The van der Waals surface area contributed by atoms with Gasteiger partial charge in [0.2, 0.25) is 16.0 Å². The molecule has 30 heavy (non-hydrogen) atoms. The fourth-order valence-electron chi connectivity index (χ4n) is 2.77. The topological polar surface area (TPSA) is 113 Å². The van der Waals surface area contributed by atoms with Gasteiger partial charge in [-0.3, -0.25) is 0 Å². The highest BCUT2D eigenvalue weighted by molar-refractivity contribution is 7.89. The average Bonchev–Trinajstić information content (AvgIpc) is 2.72. The molecule has 0 spiro atoms. The molecule has 0 saturated heterocycles. The summed E-state index contributed by atoms with van der Waals surface area (Å²) in [5.74, 6) is 0.418. The van der Waals surface area contributed by atoms with Crippen LogP contribution < -0.4 is 15.8 Å². The van der Waals surface area contributed by atoms with E-state index in [0.29, 0.717) is 23.9 Å². The summed E-state index contributed by atoms with van der Waals surface area (Å²) in [5.41, 5.74) is 8.80. The maximum Gasteiger partial charge on any atom is 0.240 e. The lowest BCUT2D eigenvalue weighted by Crippen LogP contribution is -2.27. The van der Waals surface area contributed by atoms with Crippen LogP contribution in [-0.4, -0.2) is 50.5 Å². The van der Waals surface area contributed by atoms with E-state index in [4.69, 9.17) is 5.73 Å². The molecule has 1 aromatic heterocycles. The molecule has 9 heteroatoms. The van der Waals surface area contributed by atoms with Gasteiger partial charge in [0.05, 0.1) is 10.6 Å². The van der Waals surface area contributed by atoms with Gasteiger partial charge in [-0.15, -0.1) is 0 Å². The van der Waals surface area contributed by atoms with Gasteiger partial charge in [0, 0.05) is 29.7 Å². The maximum absolute atomic E-state index is 12.4. The minimum absolute atomic E-state index is 0.217. The minimum atomic E-state index is -3.53. The first-order valence-electron chi connectivity index (χ1n) is 9.54. The van der Waals surface area contributed by atoms with Gasteiger partial charge in [0.15, 0.2) is 0 Å². The summed E-state index contributed by atoms with van der Waals surface area (Å²) >= 11 is 0. The minimum Gasteiger partial charge on any atom is -0.399 e. The van der Waals surface area contributed by atoms with E-state index in [9.17, 15) is 8.42 Å². The van der Waals surface area contributed by atoms with Crippen LogP contribution in [0.5, 0.6) is 0 Å². The highest BCUT2D eigenvalue weighted by Crippen LogP contribution is 2.21. The third-order valence-corrected chi connectivity index (χ3v) is 5.83. The van der Waals surface area contributed by atoms with Crippen molar-refractivity contribution in [3.8, 4) is 11.3 Å². The largest absolute Gasteiger partial charge is 0.399 e. The second-order valence-electron chi connectivity index (χ2n) is 7.09. The second-order valence-corrected chi connectivity index (χ2v) is 8.86. The predicted molar refractivity (Wildman–Crippen MR) is 120 cm³/mol. The lowest BCUT2D eigenvalue weighted by atomic mass is 10.1. The first kappa shape index (κ1) is 21.7. The number of nitrogens with two attached hydrogens (primary N) is 1. The molecule has 0 atom stereocenters. The molecule has 0 aliphatic heterocycles. The molecule has 0 radical (unpaired) electrons. The standard InChI is InChI=1S/C21H26N6O2S/c1-27(2)15-3-13-24-30(28,29)19-10-8-18(9-11-19)25-21-23-14-12-20(26-21)16-4-6-17(22)7-5-16/h4-12,14,24H,3,13,15,22H2,1-2H3,(H,23,25,26). The summed E-state index contributed by atoms with van der Waals surface area (Å²) in [6.45, 7) is 1.22. The molecule has 0 saturated carbocycles. The number of nitrogens with one attached hydrogen (secondary N) is 2. The first-order valence-corrected chi connectivity index (χ1v) is 11.0. The van der Waals surface area contributed by atoms with Gasteiger partial charge in [-0.1, -0.05) is 12.1 Å². The van der Waals surface area contributed by atoms with Crippen molar-refractivity contribution in [2.24, 2.45) is 0 Å². The molecule has 2 aromatic carbocycles. The van der Waals surface area contributed by atoms with Crippen LogP contribution in [0.2, 0.25) is 0 Å². The Hall–Kier alpha value is -3.01. The molecular formula is C21H26N6O2S. The molecule has 8 nitrogen and oxygen atoms in total. The molecule has 4 N–H and O–H groups in total. The SMILES string of the molecule is CN(C)CCCNS(=O)(=O)c1ccc(Nc2nccc(-c3ccc(N)cc3)n2)cc1. The highest BCUT2D eigenvalue weighted by atomic mass is 32.2. The highest BCUT2D eigenvalue weighted by Gasteiger charge is 2.13. The van der Waals surface area contributed by atoms with Gasteiger partial charge in [-0.2, -0.15) is 0 Å². The molecule has 0 bridgehead atoms. The third-order valence-electron chi connectivity index (χ3n) is 4.36. The molecule has 0 aliphatic rings. The van der Waals surface area contributed by atoms with Crippen LogP contribution in [0.3, 0.4) is 0 Å². The number of nitrogens with zero attached hydrogens (tertiary/aromatic N) is 3. The van der Waals surface area contributed by atoms with Crippen LogP contribution >= 0.6 is 0 Å². The van der Waals surface area contributed by atoms with E-state index in [0.717, 1.165) is 24.2 Å². The molecule has 0 unspecified atom stereocenters. The zero-order chi connectivity index (χ0) is 21.6. The average molecular weight is 427 g/mol. The molecule has 0 aliphatic carbocycles. The summed E-state index contributed by atoms with van der Waals surface area (Å²) in [7, 11) is 0.376. The molecule has 0 amide bonds. The van der Waals surface area contributed by atoms with Gasteiger partial charge in [-0.05, 0) is 69.5 Å². The van der Waals surface area contributed by atoms with Gasteiger partial charge in [0.25, 0.3) is 0 Å². The Morgan fingerprint density at radius 1 is 1.00 bits per heavy atom. The summed E-state index contributed by atoms with van der Waals surface area (Å²) in [5, 5.41) is 3.10. The van der Waals surface area contributed by atoms with E-state index < -0.39 is 10.0 Å². The zero-order valence-electron chi connectivity index (χ0n) is 17.0. The molecule has 3 rings (SSSR count). The van der Waals surface area contributed by atoms with Gasteiger partial charge in [0.1, 0.15) is 0 Å². The lowest BCUT2D eigenvalue weighted by Gasteiger charge is -2.11. The number of nitrogen functional groups attached to an aromatic ring is 1. The van der Waals surface area contributed by atoms with Crippen LogP contribution in [0.1, 0.15) is 6.42 Å². The molecular weight excluding hydrogens is 400 g/mol. The van der Waals surface area contributed by atoms with Crippen molar-refractivity contribution in [3.63, 3.8) is 0 Å². The number of anilines is 3. The van der Waals surface area contributed by atoms with Gasteiger partial charge in [-0.25, -0.2) is 23.1 Å². The number of hydrogen-bond acceptors (Lipinski definition) is 7. The number of hydrogen-bond donors (Lipinski definition) is 3. The maximum atomic E-state index is 12.4. The Morgan fingerprint density at radius 3 is 2.37 bits per heavy atom. The fourth-order valence-corrected chi connectivity index (χ4v) is 3.84. The number of aromatic nitrogens is 2. The van der Waals surface area contributed by atoms with Crippen LogP contribution in [0.4, 0.5) is 17.3 Å². The lowest BCUT2D eigenvalue weighted by molar-refractivity contribution is 0.400. The van der Waals surface area contributed by atoms with Crippen LogP contribution in [0.25, 0.3) is 11.3 Å². The fraction of sp³-hybridized carbons (Fsp3) is 0.238. The van der Waals surface area contributed by atoms with E-state index in [2.05, 4.69) is 20.0 Å². The number of benzene rings is 2. The monoisotopic (exact) mass is 426 g/mol. The zero-order valence-corrected chi connectivity index (χ0v) is 17.9. The van der Waals surface area contributed by atoms with Crippen molar-refractivity contribution in [2.45, 2.75) is 11.3 Å². The number of sulfonamides is 1. The van der Waals surface area contributed by atoms with E-state index in [1.54, 1.807) is 30.5 Å². The quantitative estimate of drug-likeness (QED) is 0.356. The first-order chi connectivity index (χ1) is 14.3. The molecule has 3 aromatic rings. The van der Waals surface area contributed by atoms with Crippen molar-refractivity contribution in [1.29, 1.82) is 0 Å². The van der Waals surface area contributed by atoms with Gasteiger partial charge >= 0.3 is 0 Å². The van der Waals surface area contributed by atoms with Gasteiger partial charge < -0.3 is 16.0 Å². The van der Waals surface area contributed by atoms with Crippen molar-refractivity contribution < 1.29 is 8.42 Å². The van der Waals surface area contributed by atoms with E-state index in [1.807, 2.05) is 49.3 Å².